The van der Waals surface area contributed by atoms with Crippen LogP contribution >= 0.6 is 0 Å². The highest BCUT2D eigenvalue weighted by atomic mass is 16.8. The van der Waals surface area contributed by atoms with Crippen LogP contribution in [0.1, 0.15) is 43.7 Å². The molecule has 7 rings (SSSR count). The summed E-state index contributed by atoms with van der Waals surface area (Å²) in [4.78, 5) is 42.3. The van der Waals surface area contributed by atoms with Crippen molar-refractivity contribution in [3.8, 4) is 0 Å². The molecule has 11 nitrogen and oxygen atoms in total. The summed E-state index contributed by atoms with van der Waals surface area (Å²) in [5, 5.41) is 0. The number of hydrogen-bond donors (Lipinski definition) is 0. The number of fused-ring (bicyclic) bond motifs is 1. The van der Waals surface area contributed by atoms with Crippen LogP contribution < -0.4 is 0 Å². The fraction of sp³-hybridized carbons (Fsp3) is 0.250. The van der Waals surface area contributed by atoms with Crippen molar-refractivity contribution in [1.29, 1.82) is 0 Å². The first-order valence-electron chi connectivity index (χ1n) is 18.1. The Bertz CT molecular complexity index is 1970. The average Bonchev–Trinajstić information content (AvgIpc) is 3.25. The van der Waals surface area contributed by atoms with Gasteiger partial charge in [-0.05, 0) is 35.4 Å². The Hall–Kier alpha value is -5.85. The number of amides is 1. The molecular weight excluding hydrogens is 702 g/mol. The second-order valence-electron chi connectivity index (χ2n) is 13.0. The molecule has 11 heteroatoms. The number of carbonyl (C=O) groups excluding carboxylic acids is 3. The van der Waals surface area contributed by atoms with Crippen LogP contribution in [-0.2, 0) is 46.3 Å². The summed E-state index contributed by atoms with van der Waals surface area (Å²) in [5.41, 5.74) is 3.07. The molecule has 282 valence electrons. The van der Waals surface area contributed by atoms with Gasteiger partial charge in [-0.3, -0.25) is 0 Å². The molecule has 2 aliphatic heterocycles. The first-order chi connectivity index (χ1) is 27.0. The lowest BCUT2D eigenvalue weighted by Gasteiger charge is -2.48. The maximum Gasteiger partial charge on any atom is 0.410 e. The van der Waals surface area contributed by atoms with Gasteiger partial charge in [0.1, 0.15) is 18.8 Å². The van der Waals surface area contributed by atoms with Crippen molar-refractivity contribution in [3.63, 3.8) is 0 Å². The summed E-state index contributed by atoms with van der Waals surface area (Å²) in [6, 6.07) is 45.2. The fourth-order valence-corrected chi connectivity index (χ4v) is 6.38. The maximum absolute atomic E-state index is 13.7. The molecule has 0 saturated carbocycles. The lowest BCUT2D eigenvalue weighted by atomic mass is 9.97. The van der Waals surface area contributed by atoms with Crippen LogP contribution in [0.2, 0.25) is 0 Å². The van der Waals surface area contributed by atoms with Crippen LogP contribution in [0.25, 0.3) is 0 Å². The van der Waals surface area contributed by atoms with Gasteiger partial charge in [0, 0.05) is 18.7 Å². The summed E-state index contributed by atoms with van der Waals surface area (Å²) in [6.07, 6.45) is -6.76. The summed E-state index contributed by atoms with van der Waals surface area (Å²) >= 11 is 0. The molecule has 0 spiro atoms. The molecule has 5 aromatic rings. The van der Waals surface area contributed by atoms with Crippen LogP contribution in [0.3, 0.4) is 0 Å². The van der Waals surface area contributed by atoms with E-state index >= 15 is 0 Å². The molecule has 2 fully saturated rings. The van der Waals surface area contributed by atoms with Crippen molar-refractivity contribution < 1.29 is 47.5 Å². The Balaban J connectivity index is 1.14. The number of esters is 2. The van der Waals surface area contributed by atoms with E-state index in [4.69, 9.17) is 33.2 Å². The van der Waals surface area contributed by atoms with Gasteiger partial charge >= 0.3 is 18.0 Å². The van der Waals surface area contributed by atoms with Crippen molar-refractivity contribution >= 4 is 18.0 Å². The Kier molecular flexibility index (Phi) is 12.6. The highest BCUT2D eigenvalue weighted by Gasteiger charge is 2.54. The van der Waals surface area contributed by atoms with Crippen molar-refractivity contribution in [3.05, 3.63) is 179 Å². The zero-order valence-corrected chi connectivity index (χ0v) is 30.0. The zero-order chi connectivity index (χ0) is 37.8. The number of nitrogens with zero attached hydrogens (tertiary/aromatic N) is 1. The van der Waals surface area contributed by atoms with Gasteiger partial charge in [-0.1, -0.05) is 127 Å². The Labute approximate surface area is 319 Å². The van der Waals surface area contributed by atoms with Crippen molar-refractivity contribution in [2.75, 3.05) is 19.8 Å². The molecule has 0 unspecified atom stereocenters. The van der Waals surface area contributed by atoms with Gasteiger partial charge in [-0.25, -0.2) is 14.4 Å². The van der Waals surface area contributed by atoms with Crippen molar-refractivity contribution in [2.24, 2.45) is 0 Å². The van der Waals surface area contributed by atoms with E-state index in [1.807, 2.05) is 91.0 Å². The van der Waals surface area contributed by atoms with Crippen LogP contribution in [0.5, 0.6) is 0 Å². The number of ether oxygens (including phenoxy) is 7. The maximum atomic E-state index is 13.7. The van der Waals surface area contributed by atoms with Gasteiger partial charge in [-0.15, -0.1) is 0 Å². The lowest BCUT2D eigenvalue weighted by molar-refractivity contribution is -0.359. The Morgan fingerprint density at radius 1 is 0.618 bits per heavy atom. The van der Waals surface area contributed by atoms with Gasteiger partial charge in [0.15, 0.2) is 24.8 Å². The number of rotatable bonds is 13. The molecule has 2 aliphatic rings. The minimum Gasteiger partial charge on any atom is -0.452 e. The third-order valence-electron chi connectivity index (χ3n) is 9.18. The summed E-state index contributed by atoms with van der Waals surface area (Å²) in [5.74, 6) is -1.32. The first kappa shape index (κ1) is 37.5. The predicted molar refractivity (Wildman–Crippen MR) is 199 cm³/mol. The molecule has 0 bridgehead atoms. The van der Waals surface area contributed by atoms with E-state index in [1.54, 1.807) is 60.7 Å². The highest BCUT2D eigenvalue weighted by molar-refractivity contribution is 5.90. The molecule has 0 aliphatic carbocycles. The molecule has 0 radical (unpaired) electrons. The van der Waals surface area contributed by atoms with Crippen molar-refractivity contribution in [2.45, 2.75) is 50.1 Å². The molecule has 55 heavy (non-hydrogen) atoms. The van der Waals surface area contributed by atoms with E-state index in [0.29, 0.717) is 5.56 Å². The largest absolute Gasteiger partial charge is 0.452 e. The van der Waals surface area contributed by atoms with Crippen LogP contribution in [0, 0.1) is 0 Å². The van der Waals surface area contributed by atoms with Crippen molar-refractivity contribution in [1.82, 2.24) is 4.90 Å². The van der Waals surface area contributed by atoms with Crippen LogP contribution in [-0.4, -0.2) is 73.4 Å². The fourth-order valence-electron chi connectivity index (χ4n) is 6.38. The monoisotopic (exact) mass is 743 g/mol. The molecule has 2 heterocycles. The molecule has 0 aromatic heterocycles. The van der Waals surface area contributed by atoms with Crippen LogP contribution in [0.15, 0.2) is 152 Å². The van der Waals surface area contributed by atoms with Gasteiger partial charge in [0.05, 0.1) is 24.3 Å². The van der Waals surface area contributed by atoms with E-state index in [-0.39, 0.29) is 38.5 Å². The molecule has 5 aromatic carbocycles. The summed E-state index contributed by atoms with van der Waals surface area (Å²) < 4.78 is 43.3. The quantitative estimate of drug-likeness (QED) is 0.0910. The molecule has 6 atom stereocenters. The van der Waals surface area contributed by atoms with Crippen LogP contribution in [0.4, 0.5) is 4.79 Å². The Morgan fingerprint density at radius 3 is 1.75 bits per heavy atom. The predicted octanol–water partition coefficient (Wildman–Crippen LogP) is 7.13. The van der Waals surface area contributed by atoms with E-state index in [2.05, 4.69) is 0 Å². The normalized spacial score (nSPS) is 21.7. The molecule has 1 amide bonds. The van der Waals surface area contributed by atoms with Gasteiger partial charge in [0.25, 0.3) is 0 Å². The lowest BCUT2D eigenvalue weighted by Crippen LogP contribution is -2.64. The molecular formula is C44H41NO10. The summed E-state index contributed by atoms with van der Waals surface area (Å²) in [6.45, 7) is 0.446. The highest BCUT2D eigenvalue weighted by Crippen LogP contribution is 2.37. The minimum absolute atomic E-state index is 0.0532. The third-order valence-corrected chi connectivity index (χ3v) is 9.18. The first-order valence-corrected chi connectivity index (χ1v) is 18.1. The van der Waals surface area contributed by atoms with Gasteiger partial charge in [0.2, 0.25) is 0 Å². The van der Waals surface area contributed by atoms with E-state index in [9.17, 15) is 14.4 Å². The summed E-state index contributed by atoms with van der Waals surface area (Å²) in [7, 11) is 0. The SMILES string of the molecule is O=C(O[C@@H]1[C@@H](OC(=O)c2ccccc2)[C@H](OCCN(Cc2ccccc2)C(=O)OCc2ccccc2)O[C@@H]2CO[C@@H](c3ccccc3)O[C@@H]12)c1ccccc1. The smallest absolute Gasteiger partial charge is 0.410 e. The third kappa shape index (κ3) is 9.83. The van der Waals surface area contributed by atoms with E-state index < -0.39 is 55.0 Å². The Morgan fingerprint density at radius 2 is 1.15 bits per heavy atom. The van der Waals surface area contributed by atoms with E-state index in [1.165, 1.54) is 4.90 Å². The number of carbonyl (C=O) groups is 3. The number of benzene rings is 5. The minimum atomic E-state index is -1.29. The van der Waals surface area contributed by atoms with Gasteiger partial charge in [-0.2, -0.15) is 0 Å². The van der Waals surface area contributed by atoms with E-state index in [0.717, 1.165) is 16.7 Å². The molecule has 0 N–H and O–H groups in total. The second-order valence-corrected chi connectivity index (χ2v) is 13.0. The average molecular weight is 744 g/mol. The topological polar surface area (TPSA) is 119 Å². The number of hydrogen-bond acceptors (Lipinski definition) is 10. The standard InChI is InChI=1S/C44H41NO10/c46-40(33-20-10-3-11-21-33)53-38-37-36(30-50-42(55-37)35-24-14-5-15-25-35)52-43(39(38)54-41(47)34-22-12-4-13-23-34)49-27-26-45(28-31-16-6-1-7-17-31)44(48)51-29-32-18-8-2-9-19-32/h1-25,36-39,42-43H,26-30H2/t36-,37-,38+,39-,42-,43-/m1/s1. The molecule has 2 saturated heterocycles. The van der Waals surface area contributed by atoms with Gasteiger partial charge < -0.3 is 38.1 Å². The zero-order valence-electron chi connectivity index (χ0n) is 30.0. The second kappa shape index (κ2) is 18.5.